The summed E-state index contributed by atoms with van der Waals surface area (Å²) in [7, 11) is 0. The van der Waals surface area contributed by atoms with Gasteiger partial charge in [-0.3, -0.25) is 4.79 Å². The number of carbonyl (C=O) groups is 2. The lowest BCUT2D eigenvalue weighted by molar-refractivity contribution is 0.0687. The highest BCUT2D eigenvalue weighted by Crippen LogP contribution is 2.13. The molecule has 1 heterocycles. The smallest absolute Gasteiger partial charge is 0.353 e. The molecule has 0 radical (unpaired) electrons. The summed E-state index contributed by atoms with van der Waals surface area (Å²) in [5, 5.41) is 8.87. The molecule has 1 aromatic carbocycles. The van der Waals surface area contributed by atoms with Crippen LogP contribution in [0.4, 0.5) is 0 Å². The van der Waals surface area contributed by atoms with E-state index in [1.54, 1.807) is 30.3 Å². The third-order valence-electron chi connectivity index (χ3n) is 2.24. The molecule has 0 aliphatic rings. The molecule has 0 aliphatic carbocycles. The molecule has 80 valence electrons. The highest BCUT2D eigenvalue weighted by Gasteiger charge is 2.18. The van der Waals surface area contributed by atoms with E-state index in [1.807, 2.05) is 0 Å². The van der Waals surface area contributed by atoms with Crippen LogP contribution in [0.1, 0.15) is 26.4 Å². The molecule has 0 fully saturated rings. The number of aromatic nitrogens is 1. The van der Waals surface area contributed by atoms with Crippen LogP contribution in [0.5, 0.6) is 0 Å². The molecule has 0 bridgehead atoms. The Morgan fingerprint density at radius 1 is 1.06 bits per heavy atom. The van der Waals surface area contributed by atoms with E-state index in [4.69, 9.17) is 5.11 Å². The Kier molecular flexibility index (Phi) is 2.55. The summed E-state index contributed by atoms with van der Waals surface area (Å²) in [6.07, 6.45) is 1.44. The monoisotopic (exact) mass is 215 g/mol. The largest absolute Gasteiger partial charge is 0.477 e. The van der Waals surface area contributed by atoms with Gasteiger partial charge in [0.15, 0.2) is 5.78 Å². The predicted molar refractivity (Wildman–Crippen MR) is 57.6 cm³/mol. The van der Waals surface area contributed by atoms with Gasteiger partial charge in [-0.25, -0.2) is 4.79 Å². The Morgan fingerprint density at radius 3 is 2.38 bits per heavy atom. The van der Waals surface area contributed by atoms with Crippen LogP contribution in [0.15, 0.2) is 42.6 Å². The van der Waals surface area contributed by atoms with Crippen LogP contribution in [0.3, 0.4) is 0 Å². The Labute approximate surface area is 91.5 Å². The summed E-state index contributed by atoms with van der Waals surface area (Å²) < 4.78 is 0. The molecular weight excluding hydrogens is 206 g/mol. The Morgan fingerprint density at radius 2 is 1.75 bits per heavy atom. The first-order valence-corrected chi connectivity index (χ1v) is 4.70. The van der Waals surface area contributed by atoms with Crippen molar-refractivity contribution in [1.29, 1.82) is 0 Å². The van der Waals surface area contributed by atoms with E-state index in [-0.39, 0.29) is 17.0 Å². The van der Waals surface area contributed by atoms with Crippen molar-refractivity contribution in [1.82, 2.24) is 4.98 Å². The summed E-state index contributed by atoms with van der Waals surface area (Å²) in [6, 6.07) is 10.0. The molecule has 0 atom stereocenters. The molecule has 16 heavy (non-hydrogen) atoms. The van der Waals surface area contributed by atoms with Crippen LogP contribution in [0, 0.1) is 0 Å². The number of carboxylic acid groups (broad SMARTS) is 1. The molecular formula is C12H9NO3. The Bertz CT molecular complexity index is 528. The van der Waals surface area contributed by atoms with Gasteiger partial charge in [-0.05, 0) is 6.07 Å². The fourth-order valence-electron chi connectivity index (χ4n) is 1.48. The second kappa shape index (κ2) is 4.02. The highest BCUT2D eigenvalue weighted by atomic mass is 16.4. The third-order valence-corrected chi connectivity index (χ3v) is 2.24. The minimum absolute atomic E-state index is 0.0751. The normalized spacial score (nSPS) is 10.0. The van der Waals surface area contributed by atoms with Gasteiger partial charge in [0, 0.05) is 11.8 Å². The van der Waals surface area contributed by atoms with E-state index in [1.165, 1.54) is 12.3 Å². The van der Waals surface area contributed by atoms with Crippen molar-refractivity contribution < 1.29 is 14.7 Å². The number of benzene rings is 1. The molecule has 0 aliphatic heterocycles. The number of rotatable bonds is 3. The van der Waals surface area contributed by atoms with Crippen LogP contribution in [-0.2, 0) is 0 Å². The maximum atomic E-state index is 11.9. The average Bonchev–Trinajstić information content (AvgIpc) is 2.78. The molecule has 0 saturated heterocycles. The Hall–Kier alpha value is -2.36. The van der Waals surface area contributed by atoms with Gasteiger partial charge in [-0.1, -0.05) is 30.3 Å². The van der Waals surface area contributed by atoms with Gasteiger partial charge in [-0.2, -0.15) is 0 Å². The zero-order valence-electron chi connectivity index (χ0n) is 8.31. The number of H-pyrrole nitrogens is 1. The standard InChI is InChI=1S/C12H9NO3/c14-11(8-4-2-1-3-5-8)9-6-7-13-10(9)12(15)16/h1-7,13H,(H,15,16). The average molecular weight is 215 g/mol. The van der Waals surface area contributed by atoms with Crippen molar-refractivity contribution >= 4 is 11.8 Å². The van der Waals surface area contributed by atoms with Crippen molar-refractivity contribution in [3.63, 3.8) is 0 Å². The third kappa shape index (κ3) is 1.72. The number of aromatic amines is 1. The molecule has 1 aromatic heterocycles. The number of hydrogen-bond acceptors (Lipinski definition) is 2. The van der Waals surface area contributed by atoms with E-state index in [9.17, 15) is 9.59 Å². The number of nitrogens with one attached hydrogen (secondary N) is 1. The van der Waals surface area contributed by atoms with Crippen molar-refractivity contribution in [2.75, 3.05) is 0 Å². The first kappa shape index (κ1) is 10.2. The molecule has 0 amide bonds. The van der Waals surface area contributed by atoms with Gasteiger partial charge < -0.3 is 10.1 Å². The second-order valence-electron chi connectivity index (χ2n) is 3.27. The lowest BCUT2D eigenvalue weighted by Crippen LogP contribution is -2.07. The van der Waals surface area contributed by atoms with Gasteiger partial charge in [0.25, 0.3) is 0 Å². The summed E-state index contributed by atoms with van der Waals surface area (Å²) in [5.74, 6) is -1.43. The van der Waals surface area contributed by atoms with E-state index < -0.39 is 5.97 Å². The van der Waals surface area contributed by atoms with Crippen LogP contribution in [0.2, 0.25) is 0 Å². The minimum Gasteiger partial charge on any atom is -0.477 e. The van der Waals surface area contributed by atoms with E-state index in [2.05, 4.69) is 4.98 Å². The topological polar surface area (TPSA) is 70.2 Å². The maximum absolute atomic E-state index is 11.9. The van der Waals surface area contributed by atoms with Crippen LogP contribution < -0.4 is 0 Å². The molecule has 2 N–H and O–H groups in total. The molecule has 0 spiro atoms. The zero-order valence-corrected chi connectivity index (χ0v) is 8.31. The number of hydrogen-bond donors (Lipinski definition) is 2. The fourth-order valence-corrected chi connectivity index (χ4v) is 1.48. The Balaban J connectivity index is 2.42. The molecule has 0 saturated carbocycles. The van der Waals surface area contributed by atoms with Gasteiger partial charge in [0.1, 0.15) is 5.69 Å². The molecule has 4 nitrogen and oxygen atoms in total. The van der Waals surface area contributed by atoms with E-state index in [0.29, 0.717) is 5.56 Å². The SMILES string of the molecule is O=C(c1ccccc1)c1cc[nH]c1C(=O)O. The van der Waals surface area contributed by atoms with Crippen LogP contribution in [0.25, 0.3) is 0 Å². The highest BCUT2D eigenvalue weighted by molar-refractivity contribution is 6.13. The maximum Gasteiger partial charge on any atom is 0.353 e. The van der Waals surface area contributed by atoms with Crippen LogP contribution >= 0.6 is 0 Å². The number of aromatic carboxylic acids is 1. The lowest BCUT2D eigenvalue weighted by atomic mass is 10.0. The van der Waals surface area contributed by atoms with Crippen molar-refractivity contribution in [2.45, 2.75) is 0 Å². The summed E-state index contributed by atoms with van der Waals surface area (Å²) >= 11 is 0. The first-order chi connectivity index (χ1) is 7.70. The fraction of sp³-hybridized carbons (Fsp3) is 0. The second-order valence-corrected chi connectivity index (χ2v) is 3.27. The zero-order chi connectivity index (χ0) is 11.5. The quantitative estimate of drug-likeness (QED) is 0.768. The van der Waals surface area contributed by atoms with E-state index >= 15 is 0 Å². The van der Waals surface area contributed by atoms with Gasteiger partial charge >= 0.3 is 5.97 Å². The molecule has 4 heteroatoms. The van der Waals surface area contributed by atoms with E-state index in [0.717, 1.165) is 0 Å². The number of ketones is 1. The van der Waals surface area contributed by atoms with Crippen molar-refractivity contribution in [2.24, 2.45) is 0 Å². The van der Waals surface area contributed by atoms with Crippen molar-refractivity contribution in [3.05, 3.63) is 59.4 Å². The first-order valence-electron chi connectivity index (χ1n) is 4.70. The summed E-state index contributed by atoms with van der Waals surface area (Å²) in [4.78, 5) is 25.3. The molecule has 2 aromatic rings. The van der Waals surface area contributed by atoms with Gasteiger partial charge in [0.2, 0.25) is 0 Å². The number of carbonyl (C=O) groups excluding carboxylic acids is 1. The van der Waals surface area contributed by atoms with Gasteiger partial charge in [0.05, 0.1) is 5.56 Å². The molecule has 0 unspecified atom stereocenters. The number of carboxylic acids is 1. The van der Waals surface area contributed by atoms with Gasteiger partial charge in [-0.15, -0.1) is 0 Å². The summed E-state index contributed by atoms with van der Waals surface area (Å²) in [6.45, 7) is 0. The predicted octanol–water partition coefficient (Wildman–Crippen LogP) is 1.94. The molecule has 2 rings (SSSR count). The summed E-state index contributed by atoms with van der Waals surface area (Å²) in [5.41, 5.74) is 0.581. The minimum atomic E-state index is -1.13. The van der Waals surface area contributed by atoms with Crippen LogP contribution in [-0.4, -0.2) is 21.8 Å². The van der Waals surface area contributed by atoms with Crippen molar-refractivity contribution in [3.8, 4) is 0 Å². The lowest BCUT2D eigenvalue weighted by Gasteiger charge is -1.99.